The summed E-state index contributed by atoms with van der Waals surface area (Å²) in [7, 11) is 0. The SMILES string of the molecule is CCc1nn(CC(=O)N2C[C@H](F)C[C@H]2C(=O)Nc2cccc(Cl)c2)c2ccc(-c3cnc(C)nc3)cc12. The van der Waals surface area contributed by atoms with Crippen molar-refractivity contribution in [2.24, 2.45) is 0 Å². The molecule has 1 aliphatic rings. The molecule has 1 saturated heterocycles. The van der Waals surface area contributed by atoms with E-state index in [9.17, 15) is 14.0 Å². The van der Waals surface area contributed by atoms with Gasteiger partial charge in [0.05, 0.1) is 17.8 Å². The zero-order chi connectivity index (χ0) is 26.1. The zero-order valence-electron chi connectivity index (χ0n) is 20.5. The maximum atomic E-state index is 14.4. The fourth-order valence-electron chi connectivity index (χ4n) is 4.67. The van der Waals surface area contributed by atoms with Crippen LogP contribution in [0.1, 0.15) is 24.9 Å². The fraction of sp³-hybridized carbons (Fsp3) is 0.296. The van der Waals surface area contributed by atoms with Gasteiger partial charge in [0.1, 0.15) is 24.6 Å². The number of rotatable bonds is 6. The summed E-state index contributed by atoms with van der Waals surface area (Å²) in [5.41, 5.74) is 3.96. The number of alkyl halides is 1. The Kier molecular flexibility index (Phi) is 6.88. The number of halogens is 2. The molecular weight excluding hydrogens is 495 g/mol. The molecule has 1 fully saturated rings. The molecule has 5 rings (SSSR count). The first-order chi connectivity index (χ1) is 17.8. The second kappa shape index (κ2) is 10.3. The number of hydrogen-bond acceptors (Lipinski definition) is 5. The summed E-state index contributed by atoms with van der Waals surface area (Å²) in [6, 6.07) is 11.6. The van der Waals surface area contributed by atoms with Crippen LogP contribution in [0.2, 0.25) is 5.02 Å². The second-order valence-corrected chi connectivity index (χ2v) is 9.54. The Balaban J connectivity index is 1.38. The van der Waals surface area contributed by atoms with Crippen molar-refractivity contribution in [3.63, 3.8) is 0 Å². The minimum atomic E-state index is -1.28. The van der Waals surface area contributed by atoms with E-state index in [-0.39, 0.29) is 25.4 Å². The lowest BCUT2D eigenvalue weighted by Crippen LogP contribution is -2.44. The van der Waals surface area contributed by atoms with Crippen molar-refractivity contribution in [2.75, 3.05) is 11.9 Å². The number of nitrogens with zero attached hydrogens (tertiary/aromatic N) is 5. The average Bonchev–Trinajstić information content (AvgIpc) is 3.44. The van der Waals surface area contributed by atoms with Gasteiger partial charge in [0.2, 0.25) is 11.8 Å². The van der Waals surface area contributed by atoms with Crippen LogP contribution < -0.4 is 5.32 Å². The Morgan fingerprint density at radius 3 is 2.65 bits per heavy atom. The molecule has 0 saturated carbocycles. The number of aromatic nitrogens is 4. The lowest BCUT2D eigenvalue weighted by molar-refractivity contribution is -0.137. The van der Waals surface area contributed by atoms with E-state index in [0.717, 1.165) is 27.7 Å². The standard InChI is InChI=1S/C27H26ClFN6O2/c1-3-23-22-9-17(18-12-30-16(2)31-13-18)7-8-24(22)35(33-23)15-26(36)34-14-20(29)11-25(34)27(37)32-21-6-4-5-19(28)10-21/h4-10,12-13,20,25H,3,11,14-15H2,1-2H3,(H,32,37)/t20-,25+/m1/s1. The van der Waals surface area contributed by atoms with E-state index in [1.54, 1.807) is 41.3 Å². The third kappa shape index (κ3) is 5.17. The van der Waals surface area contributed by atoms with Gasteiger partial charge in [0.25, 0.3) is 0 Å². The molecule has 2 atom stereocenters. The summed E-state index contributed by atoms with van der Waals surface area (Å²) in [5, 5.41) is 8.80. The molecule has 2 amide bonds. The Morgan fingerprint density at radius 2 is 1.92 bits per heavy atom. The zero-order valence-corrected chi connectivity index (χ0v) is 21.2. The van der Waals surface area contributed by atoms with Crippen LogP contribution in [0.4, 0.5) is 10.1 Å². The van der Waals surface area contributed by atoms with E-state index >= 15 is 0 Å². The number of carbonyl (C=O) groups is 2. The number of likely N-dealkylation sites (tertiary alicyclic amines) is 1. The normalized spacial score (nSPS) is 17.4. The molecule has 0 radical (unpaired) electrons. The quantitative estimate of drug-likeness (QED) is 0.401. The number of aryl methyl sites for hydroxylation is 2. The minimum absolute atomic E-state index is 0.0554. The third-order valence-electron chi connectivity index (χ3n) is 6.53. The summed E-state index contributed by atoms with van der Waals surface area (Å²) in [5.74, 6) is -0.114. The highest BCUT2D eigenvalue weighted by Gasteiger charge is 2.40. The molecule has 0 aliphatic carbocycles. The Bertz CT molecular complexity index is 1470. The molecule has 1 N–H and O–H groups in total. The molecule has 1 aliphatic heterocycles. The van der Waals surface area contributed by atoms with Crippen LogP contribution in [-0.4, -0.2) is 55.2 Å². The van der Waals surface area contributed by atoms with Gasteiger partial charge in [-0.05, 0) is 49.2 Å². The van der Waals surface area contributed by atoms with Crippen LogP contribution in [0.3, 0.4) is 0 Å². The van der Waals surface area contributed by atoms with Crippen molar-refractivity contribution in [1.82, 2.24) is 24.6 Å². The summed E-state index contributed by atoms with van der Waals surface area (Å²) in [6.45, 7) is 3.60. The molecule has 0 unspecified atom stereocenters. The molecule has 0 bridgehead atoms. The molecule has 4 aromatic rings. The van der Waals surface area contributed by atoms with E-state index in [2.05, 4.69) is 20.4 Å². The molecule has 2 aromatic carbocycles. The van der Waals surface area contributed by atoms with Crippen molar-refractivity contribution in [3.8, 4) is 11.1 Å². The molecule has 8 nitrogen and oxygen atoms in total. The number of fused-ring (bicyclic) bond motifs is 1. The number of benzene rings is 2. The van der Waals surface area contributed by atoms with Crippen molar-refractivity contribution in [1.29, 1.82) is 0 Å². The summed E-state index contributed by atoms with van der Waals surface area (Å²) in [4.78, 5) is 36.1. The van der Waals surface area contributed by atoms with Crippen molar-refractivity contribution >= 4 is 40.0 Å². The van der Waals surface area contributed by atoms with Crippen LogP contribution in [-0.2, 0) is 22.6 Å². The number of anilines is 1. The number of amides is 2. The van der Waals surface area contributed by atoms with Crippen LogP contribution >= 0.6 is 11.6 Å². The minimum Gasteiger partial charge on any atom is -0.326 e. The topological polar surface area (TPSA) is 93.0 Å². The Hall–Kier alpha value is -3.85. The Labute approximate surface area is 218 Å². The van der Waals surface area contributed by atoms with E-state index in [4.69, 9.17) is 11.6 Å². The first-order valence-electron chi connectivity index (χ1n) is 12.1. The number of hydrogen-bond donors (Lipinski definition) is 1. The van der Waals surface area contributed by atoms with Gasteiger partial charge in [-0.15, -0.1) is 0 Å². The lowest BCUT2D eigenvalue weighted by Gasteiger charge is -2.23. The number of carbonyl (C=O) groups excluding carboxylic acids is 2. The van der Waals surface area contributed by atoms with Gasteiger partial charge in [0, 0.05) is 40.5 Å². The molecule has 3 heterocycles. The summed E-state index contributed by atoms with van der Waals surface area (Å²) >= 11 is 6.00. The monoisotopic (exact) mass is 520 g/mol. The predicted molar refractivity (Wildman–Crippen MR) is 140 cm³/mol. The highest BCUT2D eigenvalue weighted by molar-refractivity contribution is 6.30. The van der Waals surface area contributed by atoms with Crippen LogP contribution in [0, 0.1) is 6.92 Å². The lowest BCUT2D eigenvalue weighted by atomic mass is 10.1. The largest absolute Gasteiger partial charge is 0.326 e. The number of nitrogens with one attached hydrogen (secondary N) is 1. The first-order valence-corrected chi connectivity index (χ1v) is 12.5. The molecule has 0 spiro atoms. The Morgan fingerprint density at radius 1 is 1.14 bits per heavy atom. The fourth-order valence-corrected chi connectivity index (χ4v) is 4.86. The van der Waals surface area contributed by atoms with Gasteiger partial charge in [0.15, 0.2) is 0 Å². The molecule has 37 heavy (non-hydrogen) atoms. The van der Waals surface area contributed by atoms with Gasteiger partial charge in [-0.1, -0.05) is 30.7 Å². The summed E-state index contributed by atoms with van der Waals surface area (Å²) in [6.07, 6.45) is 2.89. The van der Waals surface area contributed by atoms with Gasteiger partial charge in [-0.2, -0.15) is 5.10 Å². The van der Waals surface area contributed by atoms with Crippen LogP contribution in [0.15, 0.2) is 54.9 Å². The van der Waals surface area contributed by atoms with Crippen molar-refractivity contribution in [2.45, 2.75) is 45.4 Å². The van der Waals surface area contributed by atoms with Gasteiger partial charge in [-0.3, -0.25) is 14.3 Å². The first kappa shape index (κ1) is 24.8. The van der Waals surface area contributed by atoms with E-state index < -0.39 is 18.1 Å². The van der Waals surface area contributed by atoms with Crippen molar-refractivity contribution < 1.29 is 14.0 Å². The molecule has 190 valence electrons. The molecular formula is C27H26ClFN6O2. The second-order valence-electron chi connectivity index (χ2n) is 9.10. The average molecular weight is 521 g/mol. The maximum absolute atomic E-state index is 14.4. The van der Waals surface area contributed by atoms with Crippen molar-refractivity contribution in [3.05, 3.63) is 71.4 Å². The predicted octanol–water partition coefficient (Wildman–Crippen LogP) is 4.60. The highest BCUT2D eigenvalue weighted by atomic mass is 35.5. The third-order valence-corrected chi connectivity index (χ3v) is 6.76. The van der Waals surface area contributed by atoms with E-state index in [1.807, 2.05) is 32.0 Å². The van der Waals surface area contributed by atoms with Gasteiger partial charge < -0.3 is 10.2 Å². The summed E-state index contributed by atoms with van der Waals surface area (Å²) < 4.78 is 16.0. The van der Waals surface area contributed by atoms with Gasteiger partial charge in [-0.25, -0.2) is 14.4 Å². The van der Waals surface area contributed by atoms with E-state index in [1.165, 1.54) is 4.90 Å². The smallest absolute Gasteiger partial charge is 0.247 e. The van der Waals surface area contributed by atoms with Gasteiger partial charge >= 0.3 is 0 Å². The highest BCUT2D eigenvalue weighted by Crippen LogP contribution is 2.28. The van der Waals surface area contributed by atoms with Crippen LogP contribution in [0.5, 0.6) is 0 Å². The van der Waals surface area contributed by atoms with E-state index in [0.29, 0.717) is 23.0 Å². The molecule has 10 heteroatoms. The maximum Gasteiger partial charge on any atom is 0.247 e. The molecule has 2 aromatic heterocycles. The van der Waals surface area contributed by atoms with Crippen LogP contribution in [0.25, 0.3) is 22.0 Å².